The molecule has 0 fully saturated rings. The number of aliphatic hydroxyl groups excluding tert-OH is 3. The number of carboxylic acid groups (broad SMARTS) is 1. The number of hydrogen-bond acceptors (Lipinski definition) is 7. The van der Waals surface area contributed by atoms with Crippen molar-refractivity contribution in [3.63, 3.8) is 0 Å². The van der Waals surface area contributed by atoms with Crippen LogP contribution in [0.1, 0.15) is 68.7 Å². The van der Waals surface area contributed by atoms with Gasteiger partial charge < -0.3 is 25.2 Å². The van der Waals surface area contributed by atoms with Gasteiger partial charge in [0.15, 0.2) is 0 Å². The molecule has 0 aliphatic heterocycles. The molecule has 0 rings (SSSR count). The number of hydrogen-bond donors (Lipinski definition) is 4. The van der Waals surface area contributed by atoms with Crippen LogP contribution in [0.2, 0.25) is 0 Å². The summed E-state index contributed by atoms with van der Waals surface area (Å²) < 4.78 is 4.49. The van der Waals surface area contributed by atoms with Gasteiger partial charge in [-0.25, -0.2) is 0 Å². The van der Waals surface area contributed by atoms with Crippen LogP contribution < -0.4 is 0 Å². The number of ether oxygens (including phenoxy) is 1. The van der Waals surface area contributed by atoms with Crippen molar-refractivity contribution in [3.05, 3.63) is 0 Å². The molecule has 0 amide bonds. The standard InChI is InChI=1S/C6H10O3.3C3H8O.C2H4O2.Ti/c1-3-9-6(8)4-5(2)7;3*1-3(2)4;1-2(3)4;/h3-4H2,1-2H3;3*3-4H,1-2H3;1H3,(H,3,4);. The van der Waals surface area contributed by atoms with Gasteiger partial charge in [-0.2, -0.15) is 0 Å². The first-order chi connectivity index (χ1) is 11.1. The smallest absolute Gasteiger partial charge is 0.313 e. The van der Waals surface area contributed by atoms with E-state index in [0.29, 0.717) is 6.61 Å². The Hall–Kier alpha value is -0.796. The molecule has 0 saturated carbocycles. The molecule has 0 aromatic heterocycles. The number of esters is 1. The Balaban J connectivity index is -0.0000000508. The van der Waals surface area contributed by atoms with Crippen molar-refractivity contribution in [2.24, 2.45) is 0 Å². The molecule has 0 aliphatic carbocycles. The molecule has 0 saturated heterocycles. The molecular formula is C17H38O8Ti. The predicted octanol–water partition coefficient (Wildman–Crippen LogP) is 1.78. The van der Waals surface area contributed by atoms with E-state index in [4.69, 9.17) is 25.2 Å². The van der Waals surface area contributed by atoms with Crippen LogP contribution in [-0.4, -0.2) is 63.1 Å². The molecule has 0 aromatic carbocycles. The van der Waals surface area contributed by atoms with Crippen molar-refractivity contribution >= 4 is 17.7 Å². The molecule has 0 radical (unpaired) electrons. The second kappa shape index (κ2) is 31.9. The zero-order valence-corrected chi connectivity index (χ0v) is 19.1. The van der Waals surface area contributed by atoms with Gasteiger partial charge in [-0.15, -0.1) is 0 Å². The van der Waals surface area contributed by atoms with Crippen LogP contribution in [0.3, 0.4) is 0 Å². The minimum atomic E-state index is -0.833. The Morgan fingerprint density at radius 1 is 0.808 bits per heavy atom. The summed E-state index contributed by atoms with van der Waals surface area (Å²) in [5, 5.41) is 31.6. The minimum absolute atomic E-state index is 0. The van der Waals surface area contributed by atoms with Crippen molar-refractivity contribution in [3.8, 4) is 0 Å². The third kappa shape index (κ3) is 297. The van der Waals surface area contributed by atoms with Crippen LogP contribution in [0.25, 0.3) is 0 Å². The Kier molecular flexibility index (Phi) is 49.2. The molecule has 9 heteroatoms. The van der Waals surface area contributed by atoms with E-state index in [1.54, 1.807) is 48.5 Å². The molecule has 0 spiro atoms. The summed E-state index contributed by atoms with van der Waals surface area (Å²) in [4.78, 5) is 29.6. The summed E-state index contributed by atoms with van der Waals surface area (Å²) in [6, 6.07) is 0. The summed E-state index contributed by atoms with van der Waals surface area (Å²) in [5.74, 6) is -1.43. The van der Waals surface area contributed by atoms with E-state index in [1.165, 1.54) is 6.92 Å². The number of carbonyl (C=O) groups is 3. The van der Waals surface area contributed by atoms with Gasteiger partial charge in [-0.05, 0) is 55.4 Å². The summed E-state index contributed by atoms with van der Waals surface area (Å²) in [5.41, 5.74) is 0. The van der Waals surface area contributed by atoms with Crippen LogP contribution in [0, 0.1) is 0 Å². The van der Waals surface area contributed by atoms with Gasteiger partial charge in [0.1, 0.15) is 12.2 Å². The van der Waals surface area contributed by atoms with Crippen LogP contribution in [0.4, 0.5) is 0 Å². The maximum absolute atomic E-state index is 10.4. The predicted molar refractivity (Wildman–Crippen MR) is 97.3 cm³/mol. The first-order valence-corrected chi connectivity index (χ1v) is 7.98. The van der Waals surface area contributed by atoms with Gasteiger partial charge >= 0.3 is 5.97 Å². The maximum Gasteiger partial charge on any atom is 0.313 e. The monoisotopic (exact) mass is 418 g/mol. The summed E-state index contributed by atoms with van der Waals surface area (Å²) >= 11 is 0. The Labute approximate surface area is 172 Å². The summed E-state index contributed by atoms with van der Waals surface area (Å²) in [7, 11) is 0. The number of aliphatic hydroxyl groups is 3. The number of carboxylic acids is 1. The minimum Gasteiger partial charge on any atom is -0.481 e. The van der Waals surface area contributed by atoms with Gasteiger partial charge in [0.25, 0.3) is 5.97 Å². The van der Waals surface area contributed by atoms with E-state index in [-0.39, 0.29) is 52.2 Å². The van der Waals surface area contributed by atoms with Crippen molar-refractivity contribution < 1.29 is 61.3 Å². The fraction of sp³-hybridized carbons (Fsp3) is 0.824. The summed E-state index contributed by atoms with van der Waals surface area (Å²) in [6.45, 7) is 14.8. The Bertz CT molecular complexity index is 279. The van der Waals surface area contributed by atoms with Gasteiger partial charge in [0, 0.05) is 47.0 Å². The molecule has 0 bridgehead atoms. The van der Waals surface area contributed by atoms with Gasteiger partial charge in [-0.1, -0.05) is 0 Å². The number of aliphatic carboxylic acids is 1. The zero-order chi connectivity index (χ0) is 21.6. The number of rotatable bonds is 3. The molecule has 8 nitrogen and oxygen atoms in total. The van der Waals surface area contributed by atoms with Gasteiger partial charge in [-0.3, -0.25) is 14.4 Å². The Morgan fingerprint density at radius 3 is 1.12 bits per heavy atom. The molecule has 0 aliphatic rings. The van der Waals surface area contributed by atoms with E-state index in [9.17, 15) is 9.59 Å². The molecule has 4 N–H and O–H groups in total. The molecule has 0 aromatic rings. The SMILES string of the molecule is CC(=O)O.CC(C)O.CC(C)O.CC(C)O.CCOC(=O)CC(C)=O.[Ti]. The van der Waals surface area contributed by atoms with E-state index < -0.39 is 11.9 Å². The number of Topliss-reactive ketones (excluding diaryl/α,β-unsaturated/α-hetero) is 1. The molecule has 26 heavy (non-hydrogen) atoms. The van der Waals surface area contributed by atoms with Crippen LogP contribution in [0.15, 0.2) is 0 Å². The topological polar surface area (TPSA) is 141 Å². The van der Waals surface area contributed by atoms with Gasteiger partial charge in [0.05, 0.1) is 6.61 Å². The normalized spacial score (nSPS) is 8.12. The van der Waals surface area contributed by atoms with Crippen molar-refractivity contribution in [1.29, 1.82) is 0 Å². The second-order valence-electron chi connectivity index (χ2n) is 5.48. The summed E-state index contributed by atoms with van der Waals surface area (Å²) in [6.07, 6.45) is -0.603. The van der Waals surface area contributed by atoms with Crippen LogP contribution in [0.5, 0.6) is 0 Å². The van der Waals surface area contributed by atoms with Gasteiger partial charge in [0.2, 0.25) is 0 Å². The quantitative estimate of drug-likeness (QED) is 0.309. The van der Waals surface area contributed by atoms with E-state index in [1.807, 2.05) is 0 Å². The molecule has 158 valence electrons. The number of ketones is 1. The van der Waals surface area contributed by atoms with Crippen molar-refractivity contribution in [2.75, 3.05) is 6.61 Å². The molecule has 0 atom stereocenters. The largest absolute Gasteiger partial charge is 0.481 e. The number of carbonyl (C=O) groups excluding carboxylic acids is 2. The molecule has 0 unspecified atom stereocenters. The average molecular weight is 418 g/mol. The zero-order valence-electron chi connectivity index (χ0n) is 17.6. The average Bonchev–Trinajstić information content (AvgIpc) is 2.23. The Morgan fingerprint density at radius 2 is 1.00 bits per heavy atom. The van der Waals surface area contributed by atoms with E-state index in [2.05, 4.69) is 4.74 Å². The maximum atomic E-state index is 10.4. The molecule has 0 heterocycles. The van der Waals surface area contributed by atoms with E-state index in [0.717, 1.165) is 6.92 Å². The fourth-order valence-corrected chi connectivity index (χ4v) is 0.415. The third-order valence-corrected chi connectivity index (χ3v) is 0.699. The fourth-order valence-electron chi connectivity index (χ4n) is 0.415. The van der Waals surface area contributed by atoms with Crippen molar-refractivity contribution in [1.82, 2.24) is 0 Å². The first-order valence-electron chi connectivity index (χ1n) is 7.98. The molecular weight excluding hydrogens is 380 g/mol. The van der Waals surface area contributed by atoms with Crippen LogP contribution >= 0.6 is 0 Å². The van der Waals surface area contributed by atoms with Crippen LogP contribution in [-0.2, 0) is 40.8 Å². The third-order valence-electron chi connectivity index (χ3n) is 0.699. The van der Waals surface area contributed by atoms with E-state index >= 15 is 0 Å². The second-order valence-corrected chi connectivity index (χ2v) is 5.48. The first kappa shape index (κ1) is 40.0. The van der Waals surface area contributed by atoms with Crippen molar-refractivity contribution in [2.45, 2.75) is 87.0 Å².